The Morgan fingerprint density at radius 1 is 1.38 bits per heavy atom. The molecule has 16 heavy (non-hydrogen) atoms. The number of fused-ring (bicyclic) bond motifs is 1. The maximum absolute atomic E-state index is 11.4. The van der Waals surface area contributed by atoms with Crippen LogP contribution in [0.2, 0.25) is 0 Å². The number of hydrogen-bond donors (Lipinski definition) is 1. The van der Waals surface area contributed by atoms with Crippen LogP contribution in [-0.2, 0) is 21.6 Å². The number of halogens is 1. The molecule has 1 aromatic carbocycles. The lowest BCUT2D eigenvalue weighted by Gasteiger charge is -2.22. The van der Waals surface area contributed by atoms with Crippen LogP contribution in [0.1, 0.15) is 11.1 Å². The molecule has 0 spiro atoms. The van der Waals surface area contributed by atoms with E-state index in [1.54, 1.807) is 0 Å². The molecule has 86 valence electrons. The molecule has 1 atom stereocenters. The van der Waals surface area contributed by atoms with Gasteiger partial charge in [0.25, 0.3) is 0 Å². The molecule has 0 radical (unpaired) electrons. The van der Waals surface area contributed by atoms with Gasteiger partial charge >= 0.3 is 20.8 Å². The summed E-state index contributed by atoms with van der Waals surface area (Å²) < 4.78 is 24.8. The average Bonchev–Trinajstić information content (AvgIpc) is 2.27. The molecule has 0 saturated heterocycles. The molecule has 1 aliphatic heterocycles. The minimum absolute atomic E-state index is 0.463. The number of carbonyl (C=O) groups excluding carboxylic acids is 1. The summed E-state index contributed by atoms with van der Waals surface area (Å²) in [5, 5.41) is 2.94. The highest BCUT2D eigenvalue weighted by Crippen LogP contribution is 2.16. The van der Waals surface area contributed by atoms with Crippen LogP contribution in [0.3, 0.4) is 0 Å². The van der Waals surface area contributed by atoms with Crippen LogP contribution >= 0.6 is 0 Å². The van der Waals surface area contributed by atoms with E-state index in [0.717, 1.165) is 11.1 Å². The van der Waals surface area contributed by atoms with Crippen LogP contribution in [0, 0.1) is 14.8 Å². The molecule has 0 aliphatic carbocycles. The summed E-state index contributed by atoms with van der Waals surface area (Å²) in [5.41, 5.74) is 2.18. The highest BCUT2D eigenvalue weighted by molar-refractivity contribution is 5.75. The third-order valence-electron chi connectivity index (χ3n) is 2.50. The Kier molecular flexibility index (Phi) is 3.55. The van der Waals surface area contributed by atoms with Crippen molar-refractivity contribution in [3.8, 4) is 0 Å². The second-order valence-corrected chi connectivity index (χ2v) is 4.61. The van der Waals surface area contributed by atoms with Crippen molar-refractivity contribution in [2.75, 3.05) is 0 Å². The first-order valence-electron chi connectivity index (χ1n) is 4.74. The summed E-state index contributed by atoms with van der Waals surface area (Å²) in [6, 6.07) is 7.15. The molecule has 1 aromatic rings. The summed E-state index contributed by atoms with van der Waals surface area (Å²) in [5.74, 6) is -0.727. The molecular weight excluding hydrogens is 278 g/mol. The van der Waals surface area contributed by atoms with Crippen molar-refractivity contribution in [2.45, 2.75) is 19.0 Å². The van der Waals surface area contributed by atoms with Gasteiger partial charge in [-0.25, -0.2) is 4.79 Å². The van der Waals surface area contributed by atoms with Gasteiger partial charge in [-0.05, 0) is 17.5 Å². The minimum atomic E-state index is -3.47. The van der Waals surface area contributed by atoms with Crippen LogP contribution in [0.4, 0.5) is 0 Å². The second kappa shape index (κ2) is 4.92. The summed E-state index contributed by atoms with van der Waals surface area (Å²) >= 11 is -3.47. The van der Waals surface area contributed by atoms with E-state index in [0.29, 0.717) is 13.0 Å². The zero-order valence-electron chi connectivity index (χ0n) is 8.31. The van der Waals surface area contributed by atoms with E-state index in [9.17, 15) is 13.2 Å². The Labute approximate surface area is 97.9 Å². The zero-order chi connectivity index (χ0) is 11.5. The maximum atomic E-state index is 11.4. The summed E-state index contributed by atoms with van der Waals surface area (Å²) in [6.07, 6.45) is 0.463. The van der Waals surface area contributed by atoms with E-state index in [4.69, 9.17) is 0 Å². The number of carbonyl (C=O) groups is 1. The van der Waals surface area contributed by atoms with Gasteiger partial charge in [-0.15, -0.1) is 0 Å². The maximum Gasteiger partial charge on any atom is 0.505 e. The van der Waals surface area contributed by atoms with Crippen molar-refractivity contribution >= 4 is 5.97 Å². The van der Waals surface area contributed by atoms with Crippen molar-refractivity contribution in [3.63, 3.8) is 0 Å². The van der Waals surface area contributed by atoms with Gasteiger partial charge in [-0.2, -0.15) is 0 Å². The first-order valence-corrected chi connectivity index (χ1v) is 6.69. The SMILES string of the molecule is O=C(O[Br+2]([O-])[O-])C1Cc2ccccc2CN1. The number of nitrogens with one attached hydrogen (secondary N) is 1. The van der Waals surface area contributed by atoms with Gasteiger partial charge in [-0.1, -0.05) is 28.1 Å². The molecule has 1 aliphatic rings. The molecule has 0 saturated carbocycles. The summed E-state index contributed by atoms with van der Waals surface area (Å²) in [7, 11) is 0. The standard InChI is InChI=1S/C10H10BrNO4/c13-10(16-11(14)15)9-5-7-3-1-2-4-8(7)6-12-9/h1-4,9,12H,5-6H2. The number of benzene rings is 1. The quantitative estimate of drug-likeness (QED) is 0.703. The van der Waals surface area contributed by atoms with E-state index in [2.05, 4.69) is 9.15 Å². The Morgan fingerprint density at radius 3 is 2.75 bits per heavy atom. The van der Waals surface area contributed by atoms with Crippen molar-refractivity contribution < 1.29 is 31.8 Å². The Bertz CT molecular complexity index is 396. The average molecular weight is 288 g/mol. The molecule has 1 unspecified atom stereocenters. The van der Waals surface area contributed by atoms with Gasteiger partial charge in [0.2, 0.25) is 0 Å². The predicted octanol–water partition coefficient (Wildman–Crippen LogP) is -1.67. The van der Waals surface area contributed by atoms with Crippen molar-refractivity contribution in [3.05, 3.63) is 35.4 Å². The third kappa shape index (κ3) is 2.59. The Morgan fingerprint density at radius 2 is 2.06 bits per heavy atom. The fourth-order valence-electron chi connectivity index (χ4n) is 1.74. The van der Waals surface area contributed by atoms with Crippen LogP contribution < -0.4 is 13.7 Å². The highest BCUT2D eigenvalue weighted by Gasteiger charge is 2.32. The minimum Gasteiger partial charge on any atom is -0.361 e. The van der Waals surface area contributed by atoms with Gasteiger partial charge in [-0.3, -0.25) is 5.32 Å². The number of hydrogen-bond acceptors (Lipinski definition) is 5. The van der Waals surface area contributed by atoms with Gasteiger partial charge < -0.3 is 8.40 Å². The fourth-order valence-corrected chi connectivity index (χ4v) is 2.22. The normalized spacial score (nSPS) is 19.3. The summed E-state index contributed by atoms with van der Waals surface area (Å²) in [6.45, 7) is 0.552. The topological polar surface area (TPSA) is 84.5 Å². The summed E-state index contributed by atoms with van der Waals surface area (Å²) in [4.78, 5) is 11.4. The van der Waals surface area contributed by atoms with Crippen molar-refractivity contribution in [1.82, 2.24) is 5.32 Å². The van der Waals surface area contributed by atoms with E-state index in [1.165, 1.54) is 0 Å². The van der Waals surface area contributed by atoms with Gasteiger partial charge in [0.15, 0.2) is 0 Å². The van der Waals surface area contributed by atoms with Crippen molar-refractivity contribution in [1.29, 1.82) is 0 Å². The van der Waals surface area contributed by atoms with Gasteiger partial charge in [0, 0.05) is 6.54 Å². The van der Waals surface area contributed by atoms with Crippen LogP contribution in [0.5, 0.6) is 0 Å². The monoisotopic (exact) mass is 287 g/mol. The largest absolute Gasteiger partial charge is 0.505 e. The lowest BCUT2D eigenvalue weighted by molar-refractivity contribution is -1.62. The van der Waals surface area contributed by atoms with Crippen molar-refractivity contribution in [2.24, 2.45) is 0 Å². The molecule has 6 heteroatoms. The molecule has 1 heterocycles. The fraction of sp³-hybridized carbons (Fsp3) is 0.300. The zero-order valence-corrected chi connectivity index (χ0v) is 9.90. The Hall–Kier alpha value is -0.950. The smallest absolute Gasteiger partial charge is 0.361 e. The highest BCUT2D eigenvalue weighted by atomic mass is 80.0. The van der Waals surface area contributed by atoms with E-state index in [1.807, 2.05) is 24.3 Å². The molecule has 2 rings (SSSR count). The molecule has 0 aromatic heterocycles. The predicted molar refractivity (Wildman–Crippen MR) is 46.9 cm³/mol. The lowest BCUT2D eigenvalue weighted by Crippen LogP contribution is -2.46. The molecule has 5 nitrogen and oxygen atoms in total. The van der Waals surface area contributed by atoms with E-state index in [-0.39, 0.29) is 0 Å². The van der Waals surface area contributed by atoms with E-state index >= 15 is 0 Å². The van der Waals surface area contributed by atoms with Gasteiger partial charge in [0.1, 0.15) is 6.04 Å². The van der Waals surface area contributed by atoms with Crippen LogP contribution in [-0.4, -0.2) is 12.0 Å². The first kappa shape index (κ1) is 11.5. The molecular formula is C10H10BrNO4. The van der Waals surface area contributed by atoms with Crippen LogP contribution in [0.25, 0.3) is 0 Å². The van der Waals surface area contributed by atoms with E-state index < -0.39 is 26.8 Å². The Balaban J connectivity index is 2.05. The molecule has 0 amide bonds. The molecule has 0 bridgehead atoms. The first-order chi connectivity index (χ1) is 7.66. The van der Waals surface area contributed by atoms with Crippen LogP contribution in [0.15, 0.2) is 24.3 Å². The third-order valence-corrected chi connectivity index (χ3v) is 3.09. The lowest BCUT2D eigenvalue weighted by atomic mass is 9.96. The molecule has 0 fully saturated rings. The molecule has 1 N–H and O–H groups in total. The second-order valence-electron chi connectivity index (χ2n) is 3.49. The number of rotatable bonds is 2. The van der Waals surface area contributed by atoms with Gasteiger partial charge in [0.05, 0.1) is 0 Å².